The van der Waals surface area contributed by atoms with E-state index < -0.39 is 0 Å². The SMILES string of the molecule is CC(=O)Nc1nnc(CN(C)C)s1. The maximum atomic E-state index is 10.7. The van der Waals surface area contributed by atoms with Gasteiger partial charge in [-0.2, -0.15) is 0 Å². The molecule has 1 N–H and O–H groups in total. The topological polar surface area (TPSA) is 58.1 Å². The quantitative estimate of drug-likeness (QED) is 0.774. The molecule has 6 heteroatoms. The first-order valence-electron chi connectivity index (χ1n) is 3.82. The summed E-state index contributed by atoms with van der Waals surface area (Å²) >= 11 is 1.39. The first-order valence-corrected chi connectivity index (χ1v) is 4.64. The Kier molecular flexibility index (Phi) is 3.32. The fraction of sp³-hybridized carbons (Fsp3) is 0.571. The Labute approximate surface area is 80.8 Å². The molecular formula is C7H12N4OS. The van der Waals surface area contributed by atoms with Crippen LogP contribution in [-0.4, -0.2) is 35.1 Å². The van der Waals surface area contributed by atoms with E-state index >= 15 is 0 Å². The molecule has 1 amide bonds. The van der Waals surface area contributed by atoms with Crippen molar-refractivity contribution in [3.8, 4) is 0 Å². The number of rotatable bonds is 3. The lowest BCUT2D eigenvalue weighted by Gasteiger charge is -2.03. The zero-order valence-corrected chi connectivity index (χ0v) is 8.68. The van der Waals surface area contributed by atoms with Gasteiger partial charge in [-0.1, -0.05) is 11.3 Å². The van der Waals surface area contributed by atoms with Gasteiger partial charge in [-0.25, -0.2) is 0 Å². The molecule has 1 rings (SSSR count). The first kappa shape index (κ1) is 10.1. The molecule has 0 aliphatic rings. The highest BCUT2D eigenvalue weighted by atomic mass is 32.1. The van der Waals surface area contributed by atoms with Crippen LogP contribution in [0, 0.1) is 0 Å². The molecule has 0 bridgehead atoms. The third kappa shape index (κ3) is 3.47. The van der Waals surface area contributed by atoms with Crippen molar-refractivity contribution in [3.05, 3.63) is 5.01 Å². The van der Waals surface area contributed by atoms with E-state index in [2.05, 4.69) is 15.5 Å². The van der Waals surface area contributed by atoms with E-state index in [4.69, 9.17) is 0 Å². The molecule has 0 aliphatic carbocycles. The summed E-state index contributed by atoms with van der Waals surface area (Å²) in [4.78, 5) is 12.7. The number of aromatic nitrogens is 2. The summed E-state index contributed by atoms with van der Waals surface area (Å²) in [5, 5.41) is 11.8. The van der Waals surface area contributed by atoms with E-state index in [0.717, 1.165) is 11.6 Å². The van der Waals surface area contributed by atoms with E-state index in [0.29, 0.717) is 5.13 Å². The average Bonchev–Trinajstić information content (AvgIpc) is 2.33. The number of nitrogens with zero attached hydrogens (tertiary/aromatic N) is 3. The van der Waals surface area contributed by atoms with Crippen LogP contribution in [0.5, 0.6) is 0 Å². The van der Waals surface area contributed by atoms with Crippen LogP contribution in [0.2, 0.25) is 0 Å². The summed E-state index contributed by atoms with van der Waals surface area (Å²) in [5.41, 5.74) is 0. The zero-order chi connectivity index (χ0) is 9.84. The summed E-state index contributed by atoms with van der Waals surface area (Å²) < 4.78 is 0. The molecule has 0 atom stereocenters. The van der Waals surface area contributed by atoms with Gasteiger partial charge in [0.05, 0.1) is 6.54 Å². The molecule has 0 radical (unpaired) electrons. The second kappa shape index (κ2) is 4.29. The average molecular weight is 200 g/mol. The molecule has 13 heavy (non-hydrogen) atoms. The highest BCUT2D eigenvalue weighted by Gasteiger charge is 2.05. The van der Waals surface area contributed by atoms with Crippen molar-refractivity contribution in [1.29, 1.82) is 0 Å². The fourth-order valence-corrected chi connectivity index (χ4v) is 1.69. The number of hydrogen-bond acceptors (Lipinski definition) is 5. The van der Waals surface area contributed by atoms with Gasteiger partial charge < -0.3 is 10.2 Å². The molecule has 0 unspecified atom stereocenters. The highest BCUT2D eigenvalue weighted by Crippen LogP contribution is 2.15. The van der Waals surface area contributed by atoms with Crippen LogP contribution >= 0.6 is 11.3 Å². The Morgan fingerprint density at radius 2 is 2.23 bits per heavy atom. The standard InChI is InChI=1S/C7H12N4OS/c1-5(12)8-7-10-9-6(13-7)4-11(2)3/h4H2,1-3H3,(H,8,10,12). The van der Waals surface area contributed by atoms with Crippen molar-refractivity contribution in [2.45, 2.75) is 13.5 Å². The van der Waals surface area contributed by atoms with Gasteiger partial charge in [0.25, 0.3) is 0 Å². The van der Waals surface area contributed by atoms with Gasteiger partial charge in [-0.15, -0.1) is 10.2 Å². The van der Waals surface area contributed by atoms with Gasteiger partial charge in [0.15, 0.2) is 0 Å². The fourth-order valence-electron chi connectivity index (χ4n) is 0.789. The molecule has 1 aromatic rings. The number of hydrogen-bond donors (Lipinski definition) is 1. The largest absolute Gasteiger partial charge is 0.303 e. The lowest BCUT2D eigenvalue weighted by Crippen LogP contribution is -2.10. The Morgan fingerprint density at radius 3 is 2.77 bits per heavy atom. The molecule has 0 aromatic carbocycles. The molecule has 0 saturated heterocycles. The third-order valence-corrected chi connectivity index (χ3v) is 2.02. The number of carbonyl (C=O) groups excluding carboxylic acids is 1. The molecular weight excluding hydrogens is 188 g/mol. The van der Waals surface area contributed by atoms with Gasteiger partial charge in [0.2, 0.25) is 11.0 Å². The second-order valence-corrected chi connectivity index (χ2v) is 3.98. The van der Waals surface area contributed by atoms with E-state index in [1.165, 1.54) is 18.3 Å². The van der Waals surface area contributed by atoms with Crippen LogP contribution < -0.4 is 5.32 Å². The maximum absolute atomic E-state index is 10.7. The van der Waals surface area contributed by atoms with Crippen LogP contribution in [0.25, 0.3) is 0 Å². The van der Waals surface area contributed by atoms with Crippen molar-refractivity contribution in [3.63, 3.8) is 0 Å². The predicted octanol–water partition coefficient (Wildman–Crippen LogP) is 0.558. The second-order valence-electron chi connectivity index (χ2n) is 2.92. The van der Waals surface area contributed by atoms with Crippen molar-refractivity contribution in [1.82, 2.24) is 15.1 Å². The smallest absolute Gasteiger partial charge is 0.223 e. The molecule has 1 heterocycles. The van der Waals surface area contributed by atoms with E-state index in [9.17, 15) is 4.79 Å². The Morgan fingerprint density at radius 1 is 1.54 bits per heavy atom. The number of anilines is 1. The zero-order valence-electron chi connectivity index (χ0n) is 7.87. The van der Waals surface area contributed by atoms with Crippen molar-refractivity contribution < 1.29 is 4.79 Å². The Bertz CT molecular complexity index is 296. The van der Waals surface area contributed by atoms with Crippen LogP contribution in [0.4, 0.5) is 5.13 Å². The van der Waals surface area contributed by atoms with Crippen molar-refractivity contribution >= 4 is 22.4 Å². The maximum Gasteiger partial charge on any atom is 0.223 e. The van der Waals surface area contributed by atoms with Crippen molar-refractivity contribution in [2.24, 2.45) is 0 Å². The monoisotopic (exact) mass is 200 g/mol. The minimum atomic E-state index is -0.118. The highest BCUT2D eigenvalue weighted by molar-refractivity contribution is 7.15. The molecule has 5 nitrogen and oxygen atoms in total. The van der Waals surface area contributed by atoms with E-state index in [1.54, 1.807) is 0 Å². The minimum Gasteiger partial charge on any atom is -0.303 e. The van der Waals surface area contributed by atoms with Crippen LogP contribution in [-0.2, 0) is 11.3 Å². The van der Waals surface area contributed by atoms with Crippen LogP contribution in [0.15, 0.2) is 0 Å². The first-order chi connectivity index (χ1) is 6.08. The summed E-state index contributed by atoms with van der Waals surface area (Å²) in [6.07, 6.45) is 0. The molecule has 0 aliphatic heterocycles. The summed E-state index contributed by atoms with van der Waals surface area (Å²) in [6, 6.07) is 0. The lowest BCUT2D eigenvalue weighted by molar-refractivity contribution is -0.114. The van der Waals surface area contributed by atoms with Crippen LogP contribution in [0.3, 0.4) is 0 Å². The van der Waals surface area contributed by atoms with Crippen LogP contribution in [0.1, 0.15) is 11.9 Å². The Balaban J connectivity index is 2.58. The Hall–Kier alpha value is -1.01. The van der Waals surface area contributed by atoms with Gasteiger partial charge in [-0.05, 0) is 14.1 Å². The molecule has 0 fully saturated rings. The summed E-state index contributed by atoms with van der Waals surface area (Å²) in [7, 11) is 3.92. The molecule has 0 spiro atoms. The van der Waals surface area contributed by atoms with Gasteiger partial charge in [0.1, 0.15) is 5.01 Å². The lowest BCUT2D eigenvalue weighted by atomic mass is 10.6. The molecule has 72 valence electrons. The van der Waals surface area contributed by atoms with Gasteiger partial charge in [0, 0.05) is 6.92 Å². The molecule has 1 aromatic heterocycles. The predicted molar refractivity (Wildman–Crippen MR) is 51.6 cm³/mol. The van der Waals surface area contributed by atoms with Gasteiger partial charge >= 0.3 is 0 Å². The normalized spacial score (nSPS) is 10.5. The van der Waals surface area contributed by atoms with Crippen molar-refractivity contribution in [2.75, 3.05) is 19.4 Å². The van der Waals surface area contributed by atoms with E-state index in [1.807, 2.05) is 19.0 Å². The minimum absolute atomic E-state index is 0.118. The van der Waals surface area contributed by atoms with E-state index in [-0.39, 0.29) is 5.91 Å². The molecule has 0 saturated carbocycles. The number of carbonyl (C=O) groups is 1. The number of amides is 1. The third-order valence-electron chi connectivity index (χ3n) is 1.20. The summed E-state index contributed by atoms with van der Waals surface area (Å²) in [5.74, 6) is -0.118. The number of nitrogens with one attached hydrogen (secondary N) is 1. The van der Waals surface area contributed by atoms with Gasteiger partial charge in [-0.3, -0.25) is 4.79 Å². The summed E-state index contributed by atoms with van der Waals surface area (Å²) in [6.45, 7) is 2.20.